The summed E-state index contributed by atoms with van der Waals surface area (Å²) >= 11 is 0. The molecule has 2 aromatic carbocycles. The van der Waals surface area contributed by atoms with E-state index in [0.29, 0.717) is 16.8 Å². The first-order chi connectivity index (χ1) is 11.7. The van der Waals surface area contributed by atoms with Gasteiger partial charge < -0.3 is 4.90 Å². The first kappa shape index (κ1) is 17.2. The largest absolute Gasteiger partial charge is 0.311 e. The molecule has 1 aliphatic rings. The second-order valence-corrected chi connectivity index (χ2v) is 8.08. The molecule has 0 atom stereocenters. The van der Waals surface area contributed by atoms with Gasteiger partial charge in [0.15, 0.2) is 0 Å². The first-order valence-corrected chi connectivity index (χ1v) is 9.38. The predicted octanol–water partition coefficient (Wildman–Crippen LogP) is 3.57. The Kier molecular flexibility index (Phi) is 4.16. The van der Waals surface area contributed by atoms with Crippen LogP contribution < -0.4 is 9.62 Å². The second-order valence-electron chi connectivity index (χ2n) is 6.39. The highest BCUT2D eigenvalue weighted by atomic mass is 32.2. The van der Waals surface area contributed by atoms with Crippen molar-refractivity contribution in [2.75, 3.05) is 16.7 Å². The van der Waals surface area contributed by atoms with Crippen LogP contribution in [0.15, 0.2) is 52.9 Å². The van der Waals surface area contributed by atoms with Crippen LogP contribution in [0, 0.1) is 6.92 Å². The minimum absolute atomic E-state index is 0.115. The van der Waals surface area contributed by atoms with Gasteiger partial charge in [0, 0.05) is 23.9 Å². The van der Waals surface area contributed by atoms with Crippen molar-refractivity contribution in [1.82, 2.24) is 0 Å². The maximum absolute atomic E-state index is 12.7. The molecular weight excluding hydrogens is 336 g/mol. The molecule has 0 aliphatic carbocycles. The van der Waals surface area contributed by atoms with Gasteiger partial charge in [0.05, 0.1) is 10.6 Å². The fourth-order valence-electron chi connectivity index (χ4n) is 2.97. The van der Waals surface area contributed by atoms with E-state index >= 15 is 0 Å². The zero-order valence-electron chi connectivity index (χ0n) is 14.6. The highest BCUT2D eigenvalue weighted by Gasteiger charge is 2.31. The molecule has 0 aromatic heterocycles. The van der Waals surface area contributed by atoms with Crippen LogP contribution in [0.4, 0.5) is 11.4 Å². The molecular formula is C19H20N2O3S. The van der Waals surface area contributed by atoms with E-state index in [1.54, 1.807) is 42.3 Å². The zero-order valence-corrected chi connectivity index (χ0v) is 15.4. The number of aryl methyl sites for hydroxylation is 1. The maximum Gasteiger partial charge on any atom is 0.261 e. The van der Waals surface area contributed by atoms with Gasteiger partial charge in [0.2, 0.25) is 0 Å². The van der Waals surface area contributed by atoms with Crippen molar-refractivity contribution >= 4 is 32.9 Å². The molecule has 25 heavy (non-hydrogen) atoms. The number of hydrogen-bond donors (Lipinski definition) is 1. The quantitative estimate of drug-likeness (QED) is 0.855. The molecule has 0 bridgehead atoms. The number of benzene rings is 2. The van der Waals surface area contributed by atoms with Gasteiger partial charge in [-0.25, -0.2) is 8.42 Å². The second kappa shape index (κ2) is 6.04. The summed E-state index contributed by atoms with van der Waals surface area (Å²) in [6.07, 6.45) is 0. The van der Waals surface area contributed by atoms with Crippen LogP contribution in [0.5, 0.6) is 0 Å². The van der Waals surface area contributed by atoms with E-state index in [4.69, 9.17) is 0 Å². The molecule has 1 heterocycles. The summed E-state index contributed by atoms with van der Waals surface area (Å²) in [5, 5.41) is 0. The van der Waals surface area contributed by atoms with Crippen LogP contribution in [0.2, 0.25) is 0 Å². The van der Waals surface area contributed by atoms with Crippen LogP contribution in [0.3, 0.4) is 0 Å². The lowest BCUT2D eigenvalue weighted by Crippen LogP contribution is -2.20. The predicted molar refractivity (Wildman–Crippen MR) is 100 cm³/mol. The highest BCUT2D eigenvalue weighted by Crippen LogP contribution is 2.38. The molecule has 0 fully saturated rings. The molecule has 3 rings (SSSR count). The topological polar surface area (TPSA) is 66.5 Å². The summed E-state index contributed by atoms with van der Waals surface area (Å²) in [7, 11) is -2.05. The third-order valence-corrected chi connectivity index (χ3v) is 5.58. The van der Waals surface area contributed by atoms with Gasteiger partial charge in [0.25, 0.3) is 15.9 Å². The lowest BCUT2D eigenvalue weighted by molar-refractivity contribution is -0.112. The van der Waals surface area contributed by atoms with E-state index in [9.17, 15) is 13.2 Å². The SMILES string of the molecule is CC(C)=C1C(=O)N(C)c2ccc(S(=O)(=O)Nc3cccc(C)c3)cc21. The van der Waals surface area contributed by atoms with Gasteiger partial charge in [-0.3, -0.25) is 9.52 Å². The Morgan fingerprint density at radius 2 is 1.80 bits per heavy atom. The summed E-state index contributed by atoms with van der Waals surface area (Å²) < 4.78 is 28.0. The summed E-state index contributed by atoms with van der Waals surface area (Å²) in [6, 6.07) is 11.9. The molecule has 6 heteroatoms. The van der Waals surface area contributed by atoms with E-state index in [1.165, 1.54) is 6.07 Å². The molecule has 130 valence electrons. The normalized spacial score (nSPS) is 13.8. The van der Waals surface area contributed by atoms with E-state index in [-0.39, 0.29) is 10.8 Å². The van der Waals surface area contributed by atoms with Crippen molar-refractivity contribution in [2.45, 2.75) is 25.7 Å². The molecule has 0 saturated carbocycles. The number of anilines is 2. The van der Waals surface area contributed by atoms with Crippen molar-refractivity contribution in [1.29, 1.82) is 0 Å². The Labute approximate surface area is 148 Å². The van der Waals surface area contributed by atoms with Crippen molar-refractivity contribution in [3.8, 4) is 0 Å². The molecule has 2 aromatic rings. The maximum atomic E-state index is 12.7. The molecule has 0 spiro atoms. The number of nitrogens with zero attached hydrogens (tertiary/aromatic N) is 1. The number of fused-ring (bicyclic) bond motifs is 1. The lowest BCUT2D eigenvalue weighted by atomic mass is 10.0. The standard InChI is InChI=1S/C19H20N2O3S/c1-12(2)18-16-11-15(8-9-17(16)21(4)19(18)22)25(23,24)20-14-7-5-6-13(3)10-14/h5-11,20H,1-4H3. The summed E-state index contributed by atoms with van der Waals surface area (Å²) in [5.41, 5.74) is 4.27. The van der Waals surface area contributed by atoms with Crippen molar-refractivity contribution in [3.63, 3.8) is 0 Å². The average Bonchev–Trinajstić information content (AvgIpc) is 2.78. The Morgan fingerprint density at radius 3 is 2.44 bits per heavy atom. The van der Waals surface area contributed by atoms with Crippen molar-refractivity contribution < 1.29 is 13.2 Å². The third kappa shape index (κ3) is 3.05. The molecule has 1 amide bonds. The number of rotatable bonds is 3. The zero-order chi connectivity index (χ0) is 18.4. The van der Waals surface area contributed by atoms with Gasteiger partial charge in [-0.15, -0.1) is 0 Å². The van der Waals surface area contributed by atoms with Gasteiger partial charge in [-0.05, 0) is 56.7 Å². The van der Waals surface area contributed by atoms with Gasteiger partial charge >= 0.3 is 0 Å². The van der Waals surface area contributed by atoms with Gasteiger partial charge in [0.1, 0.15) is 0 Å². The summed E-state index contributed by atoms with van der Waals surface area (Å²) in [6.45, 7) is 5.60. The highest BCUT2D eigenvalue weighted by molar-refractivity contribution is 7.92. The summed E-state index contributed by atoms with van der Waals surface area (Å²) in [4.78, 5) is 14.1. The number of sulfonamides is 1. The van der Waals surface area contributed by atoms with Crippen LogP contribution >= 0.6 is 0 Å². The van der Waals surface area contributed by atoms with Crippen LogP contribution in [0.25, 0.3) is 5.57 Å². The van der Waals surface area contributed by atoms with Gasteiger partial charge in [-0.2, -0.15) is 0 Å². The minimum Gasteiger partial charge on any atom is -0.311 e. The van der Waals surface area contributed by atoms with E-state index < -0.39 is 10.0 Å². The number of carbonyl (C=O) groups is 1. The van der Waals surface area contributed by atoms with Crippen LogP contribution in [-0.2, 0) is 14.8 Å². The number of nitrogens with one attached hydrogen (secondary N) is 1. The molecule has 0 unspecified atom stereocenters. The summed E-state index contributed by atoms with van der Waals surface area (Å²) in [5.74, 6) is -0.115. The fourth-order valence-corrected chi connectivity index (χ4v) is 4.05. The van der Waals surface area contributed by atoms with E-state index in [1.807, 2.05) is 26.8 Å². The Bertz CT molecular complexity index is 1000. The molecule has 0 saturated heterocycles. The number of hydrogen-bond acceptors (Lipinski definition) is 3. The fraction of sp³-hybridized carbons (Fsp3) is 0.211. The van der Waals surface area contributed by atoms with Crippen LogP contribution in [-0.4, -0.2) is 21.4 Å². The lowest BCUT2D eigenvalue weighted by Gasteiger charge is -2.11. The van der Waals surface area contributed by atoms with E-state index in [2.05, 4.69) is 4.72 Å². The third-order valence-electron chi connectivity index (χ3n) is 4.20. The molecule has 1 aliphatic heterocycles. The van der Waals surface area contributed by atoms with Gasteiger partial charge in [-0.1, -0.05) is 17.7 Å². The Hall–Kier alpha value is -2.60. The average molecular weight is 356 g/mol. The molecule has 1 N–H and O–H groups in total. The van der Waals surface area contributed by atoms with Crippen LogP contribution in [0.1, 0.15) is 25.0 Å². The number of carbonyl (C=O) groups excluding carboxylic acids is 1. The smallest absolute Gasteiger partial charge is 0.261 e. The minimum atomic E-state index is -3.74. The monoisotopic (exact) mass is 356 g/mol. The number of amides is 1. The number of likely N-dealkylation sites (N-methyl/N-ethyl adjacent to an activating group) is 1. The van der Waals surface area contributed by atoms with E-state index in [0.717, 1.165) is 16.8 Å². The molecule has 5 nitrogen and oxygen atoms in total. The Morgan fingerprint density at radius 1 is 1.08 bits per heavy atom. The first-order valence-electron chi connectivity index (χ1n) is 7.90. The number of allylic oxidation sites excluding steroid dienone is 1. The van der Waals surface area contributed by atoms with Crippen molar-refractivity contribution in [3.05, 3.63) is 59.2 Å². The van der Waals surface area contributed by atoms with Crippen molar-refractivity contribution in [2.24, 2.45) is 0 Å². The Balaban J connectivity index is 2.05. The molecule has 0 radical (unpaired) electrons.